The molecular weight excluding hydrogens is 208 g/mol. The highest BCUT2D eigenvalue weighted by atomic mass is 32.2. The summed E-state index contributed by atoms with van der Waals surface area (Å²) in [4.78, 5) is 0. The summed E-state index contributed by atoms with van der Waals surface area (Å²) < 4.78 is 2.15. The molecule has 1 N–H and O–H groups in total. The second-order valence-electron chi connectivity index (χ2n) is 4.18. The van der Waals surface area contributed by atoms with E-state index in [9.17, 15) is 0 Å². The zero-order valence-electron chi connectivity index (χ0n) is 9.31. The van der Waals surface area contributed by atoms with E-state index in [1.165, 1.54) is 11.5 Å². The van der Waals surface area contributed by atoms with Crippen molar-refractivity contribution in [1.29, 1.82) is 0 Å². The molecule has 0 aromatic carbocycles. The van der Waals surface area contributed by atoms with Crippen LogP contribution in [-0.4, -0.2) is 38.9 Å². The number of nitrogens with one attached hydrogen (secondary N) is 1. The topological polar surface area (TPSA) is 42.7 Å². The molecule has 0 aliphatic carbocycles. The Morgan fingerprint density at radius 1 is 1.67 bits per heavy atom. The third-order valence-electron chi connectivity index (χ3n) is 2.63. The lowest BCUT2D eigenvalue weighted by molar-refractivity contribution is 0.508. The number of nitrogens with zero attached hydrogens (tertiary/aromatic N) is 3. The van der Waals surface area contributed by atoms with Crippen molar-refractivity contribution in [2.24, 2.45) is 0 Å². The van der Waals surface area contributed by atoms with Crippen molar-refractivity contribution < 1.29 is 0 Å². The first-order chi connectivity index (χ1) is 7.27. The fourth-order valence-electron chi connectivity index (χ4n) is 1.82. The average molecular weight is 226 g/mol. The molecule has 2 heterocycles. The number of hydrogen-bond acceptors (Lipinski definition) is 4. The van der Waals surface area contributed by atoms with Crippen LogP contribution in [0.3, 0.4) is 0 Å². The fraction of sp³-hybridized carbons (Fsp3) is 0.800. The van der Waals surface area contributed by atoms with Gasteiger partial charge in [0, 0.05) is 36.6 Å². The van der Waals surface area contributed by atoms with Crippen molar-refractivity contribution in [3.63, 3.8) is 0 Å². The van der Waals surface area contributed by atoms with Gasteiger partial charge in [-0.2, -0.15) is 11.8 Å². The molecule has 1 aliphatic rings. The Bertz CT molecular complexity index is 304. The summed E-state index contributed by atoms with van der Waals surface area (Å²) >= 11 is 2.02. The van der Waals surface area contributed by atoms with E-state index >= 15 is 0 Å². The quantitative estimate of drug-likeness (QED) is 0.838. The highest BCUT2D eigenvalue weighted by molar-refractivity contribution is 7.99. The molecule has 1 atom stereocenters. The maximum atomic E-state index is 4.20. The Morgan fingerprint density at radius 2 is 2.53 bits per heavy atom. The predicted molar refractivity (Wildman–Crippen MR) is 63.2 cm³/mol. The van der Waals surface area contributed by atoms with Crippen LogP contribution in [0, 0.1) is 0 Å². The third-order valence-corrected chi connectivity index (χ3v) is 3.76. The Balaban J connectivity index is 1.99. The van der Waals surface area contributed by atoms with Crippen molar-refractivity contribution in [2.45, 2.75) is 32.4 Å². The molecule has 1 fully saturated rings. The van der Waals surface area contributed by atoms with Crippen molar-refractivity contribution in [1.82, 2.24) is 20.1 Å². The summed E-state index contributed by atoms with van der Waals surface area (Å²) in [6, 6.07) is 1.01. The summed E-state index contributed by atoms with van der Waals surface area (Å²) in [6.45, 7) is 5.44. The van der Waals surface area contributed by atoms with E-state index in [2.05, 4.69) is 33.9 Å². The van der Waals surface area contributed by atoms with Gasteiger partial charge in [-0.1, -0.05) is 0 Å². The van der Waals surface area contributed by atoms with Crippen LogP contribution in [0.4, 0.5) is 0 Å². The van der Waals surface area contributed by atoms with Gasteiger partial charge in [-0.3, -0.25) is 0 Å². The molecule has 1 aliphatic heterocycles. The van der Waals surface area contributed by atoms with Gasteiger partial charge in [0.05, 0.1) is 0 Å². The first kappa shape index (κ1) is 11.0. The molecule has 5 heteroatoms. The van der Waals surface area contributed by atoms with E-state index in [1.807, 2.05) is 18.1 Å². The van der Waals surface area contributed by atoms with Crippen LogP contribution in [0.2, 0.25) is 0 Å². The summed E-state index contributed by atoms with van der Waals surface area (Å²) in [7, 11) is 0. The molecule has 1 saturated heterocycles. The molecule has 84 valence electrons. The minimum atomic E-state index is 0.450. The van der Waals surface area contributed by atoms with Crippen molar-refractivity contribution in [2.75, 3.05) is 18.1 Å². The molecule has 0 saturated carbocycles. The van der Waals surface area contributed by atoms with Gasteiger partial charge in [0.15, 0.2) is 0 Å². The van der Waals surface area contributed by atoms with Crippen LogP contribution < -0.4 is 5.32 Å². The molecule has 0 amide bonds. The highest BCUT2D eigenvalue weighted by Gasteiger charge is 2.17. The molecular formula is C10H18N4S. The monoisotopic (exact) mass is 226 g/mol. The Kier molecular flexibility index (Phi) is 3.64. The maximum Gasteiger partial charge on any atom is 0.134 e. The Morgan fingerprint density at radius 3 is 3.20 bits per heavy atom. The molecule has 0 spiro atoms. The predicted octanol–water partition coefficient (Wildman–Crippen LogP) is 1.11. The van der Waals surface area contributed by atoms with E-state index in [1.54, 1.807) is 0 Å². The first-order valence-corrected chi connectivity index (χ1v) is 6.62. The third kappa shape index (κ3) is 2.72. The lowest BCUT2D eigenvalue weighted by atomic mass is 10.2. The summed E-state index contributed by atoms with van der Waals surface area (Å²) in [5, 5.41) is 11.7. The van der Waals surface area contributed by atoms with E-state index in [0.29, 0.717) is 12.1 Å². The average Bonchev–Trinajstić information content (AvgIpc) is 2.67. The Labute approximate surface area is 94.8 Å². The standard InChI is InChI=1S/C10H18N4S/c1-8(2)14-7-12-13-10(14)5-9-6-15-4-3-11-9/h7-9,11H,3-6H2,1-2H3. The molecule has 0 radical (unpaired) electrons. The van der Waals surface area contributed by atoms with E-state index in [4.69, 9.17) is 0 Å². The van der Waals surface area contributed by atoms with Gasteiger partial charge < -0.3 is 9.88 Å². The van der Waals surface area contributed by atoms with Crippen LogP contribution in [0.15, 0.2) is 6.33 Å². The first-order valence-electron chi connectivity index (χ1n) is 5.47. The fourth-order valence-corrected chi connectivity index (χ4v) is 2.76. The van der Waals surface area contributed by atoms with E-state index in [-0.39, 0.29) is 0 Å². The number of rotatable bonds is 3. The highest BCUT2D eigenvalue weighted by Crippen LogP contribution is 2.13. The molecule has 15 heavy (non-hydrogen) atoms. The molecule has 1 unspecified atom stereocenters. The molecule has 0 bridgehead atoms. The summed E-state index contributed by atoms with van der Waals surface area (Å²) in [5.74, 6) is 3.52. The zero-order valence-corrected chi connectivity index (χ0v) is 10.1. The maximum absolute atomic E-state index is 4.20. The second kappa shape index (κ2) is 4.99. The zero-order chi connectivity index (χ0) is 10.7. The number of thioether (sulfide) groups is 1. The van der Waals surface area contributed by atoms with Gasteiger partial charge in [-0.15, -0.1) is 10.2 Å². The van der Waals surface area contributed by atoms with Crippen molar-refractivity contribution in [3.05, 3.63) is 12.2 Å². The molecule has 2 rings (SSSR count). The number of hydrogen-bond donors (Lipinski definition) is 1. The molecule has 1 aromatic heterocycles. The van der Waals surface area contributed by atoms with Crippen molar-refractivity contribution in [3.8, 4) is 0 Å². The van der Waals surface area contributed by atoms with Gasteiger partial charge in [0.1, 0.15) is 12.2 Å². The largest absolute Gasteiger partial charge is 0.315 e. The van der Waals surface area contributed by atoms with Gasteiger partial charge in [0.2, 0.25) is 0 Å². The summed E-state index contributed by atoms with van der Waals surface area (Å²) in [6.07, 6.45) is 2.82. The SMILES string of the molecule is CC(C)n1cnnc1CC1CSCCN1. The number of aromatic nitrogens is 3. The molecule has 4 nitrogen and oxygen atoms in total. The molecule has 1 aromatic rings. The Hall–Kier alpha value is -0.550. The van der Waals surface area contributed by atoms with E-state index < -0.39 is 0 Å². The minimum absolute atomic E-state index is 0.450. The van der Waals surface area contributed by atoms with Gasteiger partial charge in [-0.25, -0.2) is 0 Å². The lowest BCUT2D eigenvalue weighted by Crippen LogP contribution is -2.39. The second-order valence-corrected chi connectivity index (χ2v) is 5.33. The van der Waals surface area contributed by atoms with Gasteiger partial charge in [0.25, 0.3) is 0 Å². The van der Waals surface area contributed by atoms with Crippen LogP contribution in [0.1, 0.15) is 25.7 Å². The van der Waals surface area contributed by atoms with Crippen LogP contribution >= 0.6 is 11.8 Å². The van der Waals surface area contributed by atoms with Crippen LogP contribution in [-0.2, 0) is 6.42 Å². The van der Waals surface area contributed by atoms with Crippen LogP contribution in [0.25, 0.3) is 0 Å². The van der Waals surface area contributed by atoms with Crippen LogP contribution in [0.5, 0.6) is 0 Å². The normalized spacial score (nSPS) is 22.2. The smallest absolute Gasteiger partial charge is 0.134 e. The van der Waals surface area contributed by atoms with Gasteiger partial charge in [-0.05, 0) is 13.8 Å². The minimum Gasteiger partial charge on any atom is -0.315 e. The van der Waals surface area contributed by atoms with E-state index in [0.717, 1.165) is 18.8 Å². The van der Waals surface area contributed by atoms with Gasteiger partial charge >= 0.3 is 0 Å². The summed E-state index contributed by atoms with van der Waals surface area (Å²) in [5.41, 5.74) is 0. The lowest BCUT2D eigenvalue weighted by Gasteiger charge is -2.23. The van der Waals surface area contributed by atoms with Crippen molar-refractivity contribution >= 4 is 11.8 Å².